The van der Waals surface area contributed by atoms with Crippen molar-refractivity contribution < 1.29 is 23.9 Å². The largest absolute Gasteiger partial charge is 0.493 e. The number of hydrogen-bond acceptors (Lipinski definition) is 5. The Kier molecular flexibility index (Phi) is 7.36. The lowest BCUT2D eigenvalue weighted by Gasteiger charge is -2.27. The van der Waals surface area contributed by atoms with E-state index in [1.165, 1.54) is 13.2 Å². The van der Waals surface area contributed by atoms with Crippen molar-refractivity contribution in [1.82, 2.24) is 5.32 Å². The number of imide groups is 2. The van der Waals surface area contributed by atoms with Gasteiger partial charge in [0, 0.05) is 0 Å². The van der Waals surface area contributed by atoms with Crippen molar-refractivity contribution in [1.29, 1.82) is 0 Å². The first kappa shape index (κ1) is 26.0. The fraction of sp³-hybridized carbons (Fsp3) is 0.207. The maximum atomic E-state index is 13.3. The normalized spacial score (nSPS) is 14.7. The Hall–Kier alpha value is -4.10. The average molecular weight is 519 g/mol. The molecule has 1 heterocycles. The van der Waals surface area contributed by atoms with Crippen LogP contribution in [-0.4, -0.2) is 25.0 Å². The topological polar surface area (TPSA) is 84.9 Å². The van der Waals surface area contributed by atoms with Crippen molar-refractivity contribution >= 4 is 41.2 Å². The number of halogens is 1. The number of aryl methyl sites for hydroxylation is 4. The molecule has 190 valence electrons. The predicted octanol–water partition coefficient (Wildman–Crippen LogP) is 5.83. The van der Waals surface area contributed by atoms with Crippen LogP contribution in [0.25, 0.3) is 6.08 Å². The summed E-state index contributed by atoms with van der Waals surface area (Å²) in [5.74, 6) is -0.839. The molecule has 3 aromatic rings. The van der Waals surface area contributed by atoms with Gasteiger partial charge in [0.05, 0.1) is 17.8 Å². The number of benzene rings is 3. The van der Waals surface area contributed by atoms with Crippen molar-refractivity contribution in [3.05, 3.63) is 92.5 Å². The van der Waals surface area contributed by atoms with E-state index in [0.29, 0.717) is 22.7 Å². The molecule has 37 heavy (non-hydrogen) atoms. The zero-order valence-corrected chi connectivity index (χ0v) is 22.0. The quantitative estimate of drug-likeness (QED) is 0.328. The molecule has 1 saturated heterocycles. The summed E-state index contributed by atoms with van der Waals surface area (Å²) in [6.07, 6.45) is 1.38. The molecule has 1 aliphatic rings. The Morgan fingerprint density at radius 3 is 2.27 bits per heavy atom. The number of hydrogen-bond donors (Lipinski definition) is 1. The van der Waals surface area contributed by atoms with Crippen molar-refractivity contribution in [3.8, 4) is 11.5 Å². The van der Waals surface area contributed by atoms with E-state index >= 15 is 0 Å². The molecule has 8 heteroatoms. The van der Waals surface area contributed by atoms with Crippen LogP contribution in [0.3, 0.4) is 0 Å². The Morgan fingerprint density at radius 2 is 1.62 bits per heavy atom. The molecule has 4 amide bonds. The molecule has 3 aromatic carbocycles. The van der Waals surface area contributed by atoms with Crippen LogP contribution in [0.4, 0.5) is 10.5 Å². The summed E-state index contributed by atoms with van der Waals surface area (Å²) in [7, 11) is 1.48. The highest BCUT2D eigenvalue weighted by atomic mass is 35.5. The summed E-state index contributed by atoms with van der Waals surface area (Å²) in [4.78, 5) is 39.3. The Labute approximate surface area is 220 Å². The molecule has 7 nitrogen and oxygen atoms in total. The zero-order chi connectivity index (χ0) is 26.9. The van der Waals surface area contributed by atoms with Gasteiger partial charge in [0.1, 0.15) is 12.2 Å². The fourth-order valence-corrected chi connectivity index (χ4v) is 4.47. The van der Waals surface area contributed by atoms with Crippen LogP contribution in [0.15, 0.2) is 54.1 Å². The number of nitrogens with one attached hydrogen (secondary N) is 1. The Morgan fingerprint density at radius 1 is 0.919 bits per heavy atom. The Balaban J connectivity index is 1.65. The van der Waals surface area contributed by atoms with Gasteiger partial charge in [-0.25, -0.2) is 9.69 Å². The summed E-state index contributed by atoms with van der Waals surface area (Å²) >= 11 is 6.53. The third-order valence-electron chi connectivity index (χ3n) is 6.08. The molecule has 0 aromatic heterocycles. The van der Waals surface area contributed by atoms with E-state index in [1.807, 2.05) is 45.9 Å². The van der Waals surface area contributed by atoms with Crippen molar-refractivity contribution in [2.24, 2.45) is 0 Å². The second kappa shape index (κ2) is 10.5. The number of amides is 4. The second-order valence-corrected chi connectivity index (χ2v) is 9.45. The zero-order valence-electron chi connectivity index (χ0n) is 21.3. The number of rotatable bonds is 6. The number of anilines is 1. The van der Waals surface area contributed by atoms with E-state index in [1.54, 1.807) is 24.3 Å². The summed E-state index contributed by atoms with van der Waals surface area (Å²) in [5, 5.41) is 2.49. The molecule has 0 aliphatic carbocycles. The molecule has 0 radical (unpaired) electrons. The van der Waals surface area contributed by atoms with Crippen molar-refractivity contribution in [3.63, 3.8) is 0 Å². The first-order valence-corrected chi connectivity index (χ1v) is 12.0. The van der Waals surface area contributed by atoms with E-state index in [2.05, 4.69) is 11.4 Å². The van der Waals surface area contributed by atoms with Crippen molar-refractivity contribution in [2.75, 3.05) is 12.0 Å². The first-order valence-electron chi connectivity index (χ1n) is 11.6. The predicted molar refractivity (Wildman–Crippen MR) is 143 cm³/mol. The van der Waals surface area contributed by atoms with Crippen LogP contribution in [0.1, 0.15) is 33.4 Å². The van der Waals surface area contributed by atoms with E-state index < -0.39 is 17.8 Å². The van der Waals surface area contributed by atoms with Crippen LogP contribution < -0.4 is 19.7 Å². The van der Waals surface area contributed by atoms with E-state index in [-0.39, 0.29) is 17.2 Å². The second-order valence-electron chi connectivity index (χ2n) is 9.05. The summed E-state index contributed by atoms with van der Waals surface area (Å²) in [5.41, 5.74) is 5.77. The molecule has 0 spiro atoms. The maximum absolute atomic E-state index is 13.3. The molecule has 0 bridgehead atoms. The smallest absolute Gasteiger partial charge is 0.335 e. The lowest BCUT2D eigenvalue weighted by Crippen LogP contribution is -2.54. The minimum atomic E-state index is -0.804. The van der Waals surface area contributed by atoms with E-state index in [0.717, 1.165) is 32.7 Å². The van der Waals surface area contributed by atoms with Gasteiger partial charge in [-0.2, -0.15) is 0 Å². The lowest BCUT2D eigenvalue weighted by atomic mass is 10.0. The van der Waals surface area contributed by atoms with Gasteiger partial charge in [0.25, 0.3) is 11.8 Å². The van der Waals surface area contributed by atoms with Gasteiger partial charge < -0.3 is 9.47 Å². The number of ether oxygens (including phenoxy) is 2. The highest BCUT2D eigenvalue weighted by Crippen LogP contribution is 2.38. The van der Waals surface area contributed by atoms with Gasteiger partial charge in [-0.1, -0.05) is 47.0 Å². The highest BCUT2D eigenvalue weighted by molar-refractivity contribution is 6.39. The number of urea groups is 1. The SMILES string of the molecule is COc1cc(/C=C2\C(=O)NC(=O)N(c3ccc(C)c(C)c3)C2=O)cc(Cl)c1OCc1cc(C)cc(C)c1. The minimum absolute atomic E-state index is 0.208. The molecular weight excluding hydrogens is 492 g/mol. The Bertz CT molecular complexity index is 1440. The summed E-state index contributed by atoms with van der Waals surface area (Å²) in [6.45, 7) is 8.13. The van der Waals surface area contributed by atoms with E-state index in [4.69, 9.17) is 21.1 Å². The monoisotopic (exact) mass is 518 g/mol. The van der Waals surface area contributed by atoms with Crippen LogP contribution in [0.2, 0.25) is 5.02 Å². The van der Waals surface area contributed by atoms with Crippen LogP contribution in [0.5, 0.6) is 11.5 Å². The molecular formula is C29H27ClN2O5. The van der Waals surface area contributed by atoms with Gasteiger partial charge in [-0.05, 0) is 80.3 Å². The average Bonchev–Trinajstić information content (AvgIpc) is 2.82. The molecule has 4 rings (SSSR count). The van der Waals surface area contributed by atoms with Crippen LogP contribution >= 0.6 is 11.6 Å². The lowest BCUT2D eigenvalue weighted by molar-refractivity contribution is -0.122. The fourth-order valence-electron chi connectivity index (χ4n) is 4.19. The maximum Gasteiger partial charge on any atom is 0.335 e. The third-order valence-corrected chi connectivity index (χ3v) is 6.36. The van der Waals surface area contributed by atoms with Crippen LogP contribution in [-0.2, 0) is 16.2 Å². The number of methoxy groups -OCH3 is 1. The van der Waals surface area contributed by atoms with Crippen LogP contribution in [0, 0.1) is 27.7 Å². The number of carbonyl (C=O) groups excluding carboxylic acids is 3. The standard InChI is InChI=1S/C29H27ClN2O5/c1-16-8-17(2)10-21(9-16)15-37-26-24(30)13-20(14-25(26)36-5)12-23-27(33)31-29(35)32(28(23)34)22-7-6-18(3)19(4)11-22/h6-14H,15H2,1-5H3,(H,31,33,35)/b23-12+. The van der Waals surface area contributed by atoms with Gasteiger partial charge in [0.15, 0.2) is 11.5 Å². The summed E-state index contributed by atoms with van der Waals surface area (Å²) in [6, 6.07) is 13.7. The number of carbonyl (C=O) groups is 3. The van der Waals surface area contributed by atoms with Gasteiger partial charge in [0.2, 0.25) is 0 Å². The minimum Gasteiger partial charge on any atom is -0.493 e. The molecule has 0 unspecified atom stereocenters. The molecule has 0 atom stereocenters. The molecule has 1 aliphatic heterocycles. The first-order chi connectivity index (χ1) is 17.6. The number of barbiturate groups is 1. The van der Waals surface area contributed by atoms with Gasteiger partial charge in [-0.3, -0.25) is 14.9 Å². The van der Waals surface area contributed by atoms with Gasteiger partial charge in [-0.15, -0.1) is 0 Å². The molecule has 1 N–H and O–H groups in total. The third kappa shape index (κ3) is 5.52. The summed E-state index contributed by atoms with van der Waals surface area (Å²) < 4.78 is 11.5. The molecule has 0 saturated carbocycles. The molecule has 1 fully saturated rings. The van der Waals surface area contributed by atoms with Gasteiger partial charge >= 0.3 is 6.03 Å². The highest BCUT2D eigenvalue weighted by Gasteiger charge is 2.37. The van der Waals surface area contributed by atoms with E-state index in [9.17, 15) is 14.4 Å². The number of nitrogens with zero attached hydrogens (tertiary/aromatic N) is 1. The van der Waals surface area contributed by atoms with Crippen molar-refractivity contribution in [2.45, 2.75) is 34.3 Å².